The first-order valence-corrected chi connectivity index (χ1v) is 11.3. The van der Waals surface area contributed by atoms with Crippen LogP contribution < -0.4 is 5.63 Å². The zero-order valence-electron chi connectivity index (χ0n) is 18.2. The molecular formula is C31H19NO2. The van der Waals surface area contributed by atoms with Gasteiger partial charge in [0.2, 0.25) is 0 Å². The molecule has 0 aliphatic carbocycles. The lowest BCUT2D eigenvalue weighted by Gasteiger charge is -2.12. The average Bonchev–Trinajstić information content (AvgIpc) is 3.24. The third-order valence-electron chi connectivity index (χ3n) is 6.63. The molecule has 5 aromatic carbocycles. The van der Waals surface area contributed by atoms with E-state index in [2.05, 4.69) is 77.4 Å². The second kappa shape index (κ2) is 7.19. The fraction of sp³-hybridized carbons (Fsp3) is 0. The van der Waals surface area contributed by atoms with Crippen LogP contribution in [0.3, 0.4) is 0 Å². The molecule has 0 aliphatic rings. The van der Waals surface area contributed by atoms with Crippen LogP contribution in [0.2, 0.25) is 0 Å². The van der Waals surface area contributed by atoms with E-state index in [-0.39, 0.29) is 5.63 Å². The Morgan fingerprint density at radius 3 is 2.15 bits per heavy atom. The zero-order chi connectivity index (χ0) is 22.6. The smallest absolute Gasteiger partial charge is 0.344 e. The highest BCUT2D eigenvalue weighted by Crippen LogP contribution is 2.39. The van der Waals surface area contributed by atoms with E-state index < -0.39 is 0 Å². The zero-order valence-corrected chi connectivity index (χ0v) is 18.2. The molecule has 2 aromatic heterocycles. The summed E-state index contributed by atoms with van der Waals surface area (Å²) < 4.78 is 7.94. The molecule has 0 amide bonds. The molecule has 0 aliphatic heterocycles. The van der Waals surface area contributed by atoms with Gasteiger partial charge in [-0.15, -0.1) is 0 Å². The summed E-state index contributed by atoms with van der Waals surface area (Å²) in [4.78, 5) is 13.0. The molecule has 0 fully saturated rings. The van der Waals surface area contributed by atoms with Gasteiger partial charge in [-0.1, -0.05) is 84.9 Å². The molecule has 0 bridgehead atoms. The number of benzene rings is 5. The monoisotopic (exact) mass is 437 g/mol. The Morgan fingerprint density at radius 2 is 1.26 bits per heavy atom. The molecule has 7 rings (SSSR count). The minimum absolute atomic E-state index is 0.314. The van der Waals surface area contributed by atoms with E-state index in [1.165, 1.54) is 5.56 Å². The minimum Gasteiger partial charge on any atom is -0.422 e. The molecule has 0 saturated carbocycles. The molecule has 3 heteroatoms. The van der Waals surface area contributed by atoms with Crippen LogP contribution in [-0.2, 0) is 0 Å². The molecule has 7 aromatic rings. The fourth-order valence-corrected chi connectivity index (χ4v) is 5.14. The summed E-state index contributed by atoms with van der Waals surface area (Å²) in [5.74, 6) is 0. The molecule has 0 unspecified atom stereocenters. The Balaban J connectivity index is 1.69. The first kappa shape index (κ1) is 18.9. The molecular weight excluding hydrogens is 418 g/mol. The number of rotatable bonds is 2. The van der Waals surface area contributed by atoms with Crippen LogP contribution >= 0.6 is 0 Å². The van der Waals surface area contributed by atoms with Gasteiger partial charge in [0.1, 0.15) is 5.58 Å². The third-order valence-corrected chi connectivity index (χ3v) is 6.63. The molecule has 0 saturated heterocycles. The van der Waals surface area contributed by atoms with Gasteiger partial charge in [0.15, 0.2) is 0 Å². The number of nitrogens with zero attached hydrogens (tertiary/aromatic N) is 1. The summed E-state index contributed by atoms with van der Waals surface area (Å²) in [6.45, 7) is 0. The van der Waals surface area contributed by atoms with Gasteiger partial charge in [0.25, 0.3) is 0 Å². The topological polar surface area (TPSA) is 35.1 Å². The Kier molecular flexibility index (Phi) is 4.00. The van der Waals surface area contributed by atoms with Gasteiger partial charge in [-0.2, -0.15) is 0 Å². The van der Waals surface area contributed by atoms with E-state index in [9.17, 15) is 4.79 Å². The van der Waals surface area contributed by atoms with Crippen molar-refractivity contribution in [2.24, 2.45) is 0 Å². The maximum Gasteiger partial charge on any atom is 0.344 e. The van der Waals surface area contributed by atoms with Crippen LogP contribution in [-0.4, -0.2) is 4.57 Å². The summed E-state index contributed by atoms with van der Waals surface area (Å²) in [6.07, 6.45) is 0. The highest BCUT2D eigenvalue weighted by Gasteiger charge is 2.18. The molecule has 3 nitrogen and oxygen atoms in total. The maximum absolute atomic E-state index is 13.0. The Morgan fingerprint density at radius 1 is 0.559 bits per heavy atom. The van der Waals surface area contributed by atoms with Crippen molar-refractivity contribution in [2.45, 2.75) is 0 Å². The van der Waals surface area contributed by atoms with E-state index in [0.717, 1.165) is 43.8 Å². The fourth-order valence-electron chi connectivity index (χ4n) is 5.14. The first-order chi connectivity index (χ1) is 16.8. The molecule has 2 heterocycles. The van der Waals surface area contributed by atoms with Gasteiger partial charge in [0.05, 0.1) is 16.4 Å². The normalized spacial score (nSPS) is 11.6. The van der Waals surface area contributed by atoms with Crippen molar-refractivity contribution in [3.8, 4) is 16.8 Å². The van der Waals surface area contributed by atoms with Crippen molar-refractivity contribution in [1.29, 1.82) is 0 Å². The molecule has 0 radical (unpaired) electrons. The van der Waals surface area contributed by atoms with E-state index in [1.54, 1.807) is 0 Å². The summed E-state index contributed by atoms with van der Waals surface area (Å²) in [5.41, 5.74) is 5.78. The van der Waals surface area contributed by atoms with Crippen molar-refractivity contribution in [2.75, 3.05) is 0 Å². The van der Waals surface area contributed by atoms with Crippen molar-refractivity contribution >= 4 is 43.5 Å². The van der Waals surface area contributed by atoms with Gasteiger partial charge in [-0.05, 0) is 41.5 Å². The highest BCUT2D eigenvalue weighted by molar-refractivity contribution is 6.24. The summed E-state index contributed by atoms with van der Waals surface area (Å²) in [5, 5.41) is 4.72. The lowest BCUT2D eigenvalue weighted by molar-refractivity contribution is 0.570. The average molecular weight is 437 g/mol. The van der Waals surface area contributed by atoms with Gasteiger partial charge < -0.3 is 8.98 Å². The Bertz CT molecular complexity index is 1930. The number of hydrogen-bond acceptors (Lipinski definition) is 2. The van der Waals surface area contributed by atoms with Gasteiger partial charge in [0, 0.05) is 27.2 Å². The summed E-state index contributed by atoms with van der Waals surface area (Å²) >= 11 is 0. The minimum atomic E-state index is -0.314. The second-order valence-electron chi connectivity index (χ2n) is 8.54. The van der Waals surface area contributed by atoms with Crippen molar-refractivity contribution in [1.82, 2.24) is 4.57 Å². The molecule has 160 valence electrons. The van der Waals surface area contributed by atoms with Crippen LogP contribution in [0.1, 0.15) is 0 Å². The summed E-state index contributed by atoms with van der Waals surface area (Å²) in [6, 6.07) is 39.1. The number of aromatic nitrogens is 1. The predicted molar refractivity (Wildman–Crippen MR) is 140 cm³/mol. The lowest BCUT2D eigenvalue weighted by atomic mass is 10.0. The van der Waals surface area contributed by atoms with Crippen LogP contribution in [0, 0.1) is 0 Å². The molecule has 0 N–H and O–H groups in total. The maximum atomic E-state index is 13.0. The van der Waals surface area contributed by atoms with E-state index in [1.807, 2.05) is 42.5 Å². The second-order valence-corrected chi connectivity index (χ2v) is 8.54. The van der Waals surface area contributed by atoms with Crippen LogP contribution in [0.5, 0.6) is 0 Å². The molecule has 34 heavy (non-hydrogen) atoms. The largest absolute Gasteiger partial charge is 0.422 e. The number of fused-ring (bicyclic) bond motifs is 7. The van der Waals surface area contributed by atoms with Crippen molar-refractivity contribution < 1.29 is 4.42 Å². The van der Waals surface area contributed by atoms with Gasteiger partial charge >= 0.3 is 5.63 Å². The van der Waals surface area contributed by atoms with Crippen molar-refractivity contribution in [3.63, 3.8) is 0 Å². The summed E-state index contributed by atoms with van der Waals surface area (Å²) in [7, 11) is 0. The molecule has 0 atom stereocenters. The van der Waals surface area contributed by atoms with E-state index in [4.69, 9.17) is 4.42 Å². The number of hydrogen-bond donors (Lipinski definition) is 0. The van der Waals surface area contributed by atoms with Crippen LogP contribution in [0.15, 0.2) is 124 Å². The van der Waals surface area contributed by atoms with E-state index >= 15 is 0 Å². The third kappa shape index (κ3) is 2.67. The van der Waals surface area contributed by atoms with Gasteiger partial charge in [-0.25, -0.2) is 4.79 Å². The predicted octanol–water partition coefficient (Wildman–Crippen LogP) is 7.71. The van der Waals surface area contributed by atoms with Gasteiger partial charge in [-0.3, -0.25) is 0 Å². The van der Waals surface area contributed by atoms with Crippen LogP contribution in [0.4, 0.5) is 0 Å². The number of para-hydroxylation sites is 2. The Hall–Kier alpha value is -4.63. The molecule has 0 spiro atoms. The van der Waals surface area contributed by atoms with E-state index in [0.29, 0.717) is 11.0 Å². The first-order valence-electron chi connectivity index (χ1n) is 11.3. The standard InChI is InChI=1S/C31H19NO2/c33-31-26-18-17-24-23-13-4-6-15-27(23)32(30(24)29(26)25-14-5-7-16-28(25)34-31)22-12-8-11-21(19-22)20-9-2-1-3-10-20/h1-19H. The quantitative estimate of drug-likeness (QED) is 0.205. The van der Waals surface area contributed by atoms with Crippen LogP contribution in [0.25, 0.3) is 60.4 Å². The SMILES string of the molecule is O=c1oc2ccccc2c2c1ccc1c3ccccc3n(-c3cccc(-c4ccccc4)c3)c12. The highest BCUT2D eigenvalue weighted by atomic mass is 16.4. The van der Waals surface area contributed by atoms with Crippen molar-refractivity contribution in [3.05, 3.63) is 126 Å². The Labute approximate surface area is 195 Å². The lowest BCUT2D eigenvalue weighted by Crippen LogP contribution is -2.02.